The first-order valence-corrected chi connectivity index (χ1v) is 5.28. The molecule has 0 aliphatic carbocycles. The molecule has 2 rings (SSSR count). The molecular formula is C11H12ClNO2. The summed E-state index contributed by atoms with van der Waals surface area (Å²) in [6.07, 6.45) is 0. The Morgan fingerprint density at radius 2 is 2.07 bits per heavy atom. The summed E-state index contributed by atoms with van der Waals surface area (Å²) in [7, 11) is 0. The summed E-state index contributed by atoms with van der Waals surface area (Å²) < 4.78 is 5.26. The lowest BCUT2D eigenvalue weighted by atomic mass is 10.2. The molecular weight excluding hydrogens is 214 g/mol. The van der Waals surface area contributed by atoms with Gasteiger partial charge in [-0.15, -0.1) is 0 Å². The van der Waals surface area contributed by atoms with Crippen molar-refractivity contribution >= 4 is 22.5 Å². The van der Waals surface area contributed by atoms with Crippen LogP contribution in [0.4, 0.5) is 5.69 Å². The first kappa shape index (κ1) is 10.5. The molecule has 1 aliphatic heterocycles. The van der Waals surface area contributed by atoms with Crippen LogP contribution in [-0.2, 0) is 4.74 Å². The molecule has 0 unspecified atom stereocenters. The lowest BCUT2D eigenvalue weighted by molar-refractivity contribution is 0.108. The average molecular weight is 226 g/mol. The maximum absolute atomic E-state index is 11.0. The van der Waals surface area contributed by atoms with Gasteiger partial charge in [0.25, 0.3) is 5.24 Å². The van der Waals surface area contributed by atoms with Crippen LogP contribution in [0, 0.1) is 0 Å². The van der Waals surface area contributed by atoms with E-state index in [1.54, 1.807) is 6.07 Å². The lowest BCUT2D eigenvalue weighted by Gasteiger charge is -2.28. The van der Waals surface area contributed by atoms with Crippen LogP contribution in [0.1, 0.15) is 10.4 Å². The molecule has 0 aromatic heterocycles. The third kappa shape index (κ3) is 2.49. The van der Waals surface area contributed by atoms with Gasteiger partial charge in [-0.25, -0.2) is 0 Å². The van der Waals surface area contributed by atoms with Crippen molar-refractivity contribution < 1.29 is 9.53 Å². The molecule has 80 valence electrons. The van der Waals surface area contributed by atoms with Crippen molar-refractivity contribution in [3.63, 3.8) is 0 Å². The van der Waals surface area contributed by atoms with E-state index < -0.39 is 5.24 Å². The summed E-state index contributed by atoms with van der Waals surface area (Å²) in [5.41, 5.74) is 1.57. The second-order valence-corrected chi connectivity index (χ2v) is 3.77. The highest BCUT2D eigenvalue weighted by Crippen LogP contribution is 2.18. The van der Waals surface area contributed by atoms with Gasteiger partial charge in [-0.3, -0.25) is 4.79 Å². The average Bonchev–Trinajstić information content (AvgIpc) is 2.30. The molecule has 1 aromatic carbocycles. The van der Waals surface area contributed by atoms with E-state index in [1.165, 1.54) is 0 Å². The number of rotatable bonds is 2. The molecule has 0 bridgehead atoms. The van der Waals surface area contributed by atoms with Crippen LogP contribution in [0.2, 0.25) is 0 Å². The molecule has 1 aliphatic rings. The third-order valence-corrected chi connectivity index (χ3v) is 2.67. The van der Waals surface area contributed by atoms with Crippen molar-refractivity contribution in [1.82, 2.24) is 0 Å². The number of nitrogens with zero attached hydrogens (tertiary/aromatic N) is 1. The monoisotopic (exact) mass is 225 g/mol. The van der Waals surface area contributed by atoms with Crippen LogP contribution in [0.3, 0.4) is 0 Å². The number of morpholine rings is 1. The Morgan fingerprint density at radius 1 is 1.33 bits per heavy atom. The minimum Gasteiger partial charge on any atom is -0.378 e. The van der Waals surface area contributed by atoms with Crippen LogP contribution in [0.25, 0.3) is 0 Å². The SMILES string of the molecule is O=C(Cl)c1cccc(N2CCOCC2)c1. The second-order valence-electron chi connectivity index (χ2n) is 3.42. The maximum atomic E-state index is 11.0. The van der Waals surface area contributed by atoms with Gasteiger partial charge in [0.2, 0.25) is 0 Å². The number of carbonyl (C=O) groups is 1. The Labute approximate surface area is 93.6 Å². The number of hydrogen-bond acceptors (Lipinski definition) is 3. The topological polar surface area (TPSA) is 29.5 Å². The van der Waals surface area contributed by atoms with Crippen LogP contribution in [0.15, 0.2) is 24.3 Å². The highest BCUT2D eigenvalue weighted by Gasteiger charge is 2.12. The highest BCUT2D eigenvalue weighted by atomic mass is 35.5. The van der Waals surface area contributed by atoms with Gasteiger partial charge in [-0.05, 0) is 29.8 Å². The van der Waals surface area contributed by atoms with E-state index in [0.717, 1.165) is 32.0 Å². The van der Waals surface area contributed by atoms with Crippen molar-refractivity contribution in [3.05, 3.63) is 29.8 Å². The molecule has 0 N–H and O–H groups in total. The molecule has 15 heavy (non-hydrogen) atoms. The van der Waals surface area contributed by atoms with Crippen molar-refractivity contribution in [2.24, 2.45) is 0 Å². The molecule has 4 heteroatoms. The van der Waals surface area contributed by atoms with Gasteiger partial charge >= 0.3 is 0 Å². The summed E-state index contributed by atoms with van der Waals surface area (Å²) in [5.74, 6) is 0. The Morgan fingerprint density at radius 3 is 2.73 bits per heavy atom. The number of carbonyl (C=O) groups excluding carboxylic acids is 1. The van der Waals surface area contributed by atoms with Gasteiger partial charge in [-0.2, -0.15) is 0 Å². The normalized spacial score (nSPS) is 16.5. The summed E-state index contributed by atoms with van der Waals surface area (Å²) in [4.78, 5) is 13.2. The zero-order valence-corrected chi connectivity index (χ0v) is 9.04. The fraction of sp³-hybridized carbons (Fsp3) is 0.364. The van der Waals surface area contributed by atoms with Crippen molar-refractivity contribution in [2.45, 2.75) is 0 Å². The first-order chi connectivity index (χ1) is 7.27. The fourth-order valence-electron chi connectivity index (χ4n) is 1.65. The van der Waals surface area contributed by atoms with Gasteiger partial charge in [-0.1, -0.05) is 6.07 Å². The van der Waals surface area contributed by atoms with E-state index in [9.17, 15) is 4.79 Å². The molecule has 1 aromatic rings. The number of hydrogen-bond donors (Lipinski definition) is 0. The van der Waals surface area contributed by atoms with Crippen LogP contribution in [0.5, 0.6) is 0 Å². The summed E-state index contributed by atoms with van der Waals surface area (Å²) >= 11 is 5.43. The Bertz CT molecular complexity index is 361. The van der Waals surface area contributed by atoms with E-state index in [0.29, 0.717) is 5.56 Å². The number of anilines is 1. The molecule has 0 spiro atoms. The van der Waals surface area contributed by atoms with Crippen molar-refractivity contribution in [1.29, 1.82) is 0 Å². The van der Waals surface area contributed by atoms with Crippen molar-refractivity contribution in [2.75, 3.05) is 31.2 Å². The van der Waals surface area contributed by atoms with E-state index >= 15 is 0 Å². The van der Waals surface area contributed by atoms with Gasteiger partial charge in [0.05, 0.1) is 13.2 Å². The van der Waals surface area contributed by atoms with E-state index in [1.807, 2.05) is 18.2 Å². The Kier molecular flexibility index (Phi) is 3.23. The predicted molar refractivity (Wildman–Crippen MR) is 59.7 cm³/mol. The Hall–Kier alpha value is -1.06. The largest absolute Gasteiger partial charge is 0.378 e. The zero-order chi connectivity index (χ0) is 10.7. The van der Waals surface area contributed by atoms with Crippen LogP contribution >= 0.6 is 11.6 Å². The zero-order valence-electron chi connectivity index (χ0n) is 8.28. The maximum Gasteiger partial charge on any atom is 0.252 e. The highest BCUT2D eigenvalue weighted by molar-refractivity contribution is 6.67. The first-order valence-electron chi connectivity index (χ1n) is 4.90. The van der Waals surface area contributed by atoms with Crippen LogP contribution < -0.4 is 4.90 Å². The predicted octanol–water partition coefficient (Wildman–Crippen LogP) is 1.90. The van der Waals surface area contributed by atoms with E-state index in [2.05, 4.69) is 4.90 Å². The lowest BCUT2D eigenvalue weighted by Crippen LogP contribution is -2.36. The van der Waals surface area contributed by atoms with Gasteiger partial charge in [0.15, 0.2) is 0 Å². The minimum absolute atomic E-state index is 0.412. The van der Waals surface area contributed by atoms with Gasteiger partial charge in [0, 0.05) is 24.3 Å². The molecule has 3 nitrogen and oxygen atoms in total. The summed E-state index contributed by atoms with van der Waals surface area (Å²) in [5, 5.41) is -0.412. The smallest absolute Gasteiger partial charge is 0.252 e. The number of ether oxygens (including phenoxy) is 1. The fourth-order valence-corrected chi connectivity index (χ4v) is 1.76. The quantitative estimate of drug-likeness (QED) is 0.720. The van der Waals surface area contributed by atoms with E-state index in [-0.39, 0.29) is 0 Å². The number of benzene rings is 1. The van der Waals surface area contributed by atoms with Gasteiger partial charge < -0.3 is 9.64 Å². The number of halogens is 1. The Balaban J connectivity index is 2.19. The van der Waals surface area contributed by atoms with E-state index in [4.69, 9.17) is 16.3 Å². The third-order valence-electron chi connectivity index (χ3n) is 2.45. The minimum atomic E-state index is -0.412. The summed E-state index contributed by atoms with van der Waals surface area (Å²) in [6.45, 7) is 3.19. The molecule has 1 heterocycles. The molecule has 0 amide bonds. The molecule has 0 atom stereocenters. The molecule has 1 saturated heterocycles. The van der Waals surface area contributed by atoms with Gasteiger partial charge in [0.1, 0.15) is 0 Å². The molecule has 0 radical (unpaired) electrons. The standard InChI is InChI=1S/C11H12ClNO2/c12-11(14)9-2-1-3-10(8-9)13-4-6-15-7-5-13/h1-3,8H,4-7H2. The summed E-state index contributed by atoms with van der Waals surface area (Å²) in [6, 6.07) is 7.37. The second kappa shape index (κ2) is 4.64. The van der Waals surface area contributed by atoms with Crippen LogP contribution in [-0.4, -0.2) is 31.5 Å². The molecule has 0 saturated carbocycles. The molecule has 1 fully saturated rings. The van der Waals surface area contributed by atoms with Crippen molar-refractivity contribution in [3.8, 4) is 0 Å².